The minimum atomic E-state index is 0.0864. The summed E-state index contributed by atoms with van der Waals surface area (Å²) < 4.78 is 1.79. The van der Waals surface area contributed by atoms with Crippen LogP contribution in [-0.4, -0.2) is 17.7 Å². The van der Waals surface area contributed by atoms with Crippen molar-refractivity contribution in [2.45, 2.75) is 26.8 Å². The van der Waals surface area contributed by atoms with Crippen molar-refractivity contribution >= 4 is 0 Å². The molecule has 0 amide bonds. The summed E-state index contributed by atoms with van der Waals surface area (Å²) in [5.41, 5.74) is 1.11. The smallest absolute Gasteiger partial charge is 0.250 e. The van der Waals surface area contributed by atoms with Gasteiger partial charge in [0, 0.05) is 24.8 Å². The zero-order chi connectivity index (χ0) is 10.4. The summed E-state index contributed by atoms with van der Waals surface area (Å²) in [7, 11) is 0. The predicted molar refractivity (Wildman–Crippen MR) is 58.6 cm³/mol. The van der Waals surface area contributed by atoms with Crippen molar-refractivity contribution in [2.75, 3.05) is 13.1 Å². The maximum absolute atomic E-state index is 11.4. The van der Waals surface area contributed by atoms with E-state index in [4.69, 9.17) is 0 Å². The van der Waals surface area contributed by atoms with Crippen molar-refractivity contribution in [1.29, 1.82) is 0 Å². The van der Waals surface area contributed by atoms with Crippen molar-refractivity contribution in [3.05, 3.63) is 34.2 Å². The maximum Gasteiger partial charge on any atom is 0.250 e. The molecule has 78 valence electrons. The highest BCUT2D eigenvalue weighted by molar-refractivity contribution is 5.04. The molecular weight excluding hydrogens is 176 g/mol. The molecule has 0 spiro atoms. The lowest BCUT2D eigenvalue weighted by atomic mass is 10.3. The molecule has 1 aromatic rings. The molecule has 3 heteroatoms. The largest absolute Gasteiger partial charge is 0.315 e. The second-order valence-electron chi connectivity index (χ2n) is 3.41. The average molecular weight is 194 g/mol. The van der Waals surface area contributed by atoms with Crippen molar-refractivity contribution in [3.8, 4) is 0 Å². The third-order valence-electron chi connectivity index (χ3n) is 2.21. The lowest BCUT2D eigenvalue weighted by Gasteiger charge is -2.09. The Kier molecular flexibility index (Phi) is 4.40. The molecule has 1 rings (SSSR count). The third kappa shape index (κ3) is 3.00. The van der Waals surface area contributed by atoms with Gasteiger partial charge in [0.25, 0.3) is 5.56 Å². The first-order valence-electron chi connectivity index (χ1n) is 5.13. The van der Waals surface area contributed by atoms with Crippen LogP contribution in [0.1, 0.15) is 19.0 Å². The molecule has 0 unspecified atom stereocenters. The summed E-state index contributed by atoms with van der Waals surface area (Å²) in [6.07, 6.45) is 1.13. The number of hydrogen-bond acceptors (Lipinski definition) is 2. The Morgan fingerprint density at radius 1 is 1.36 bits per heavy atom. The van der Waals surface area contributed by atoms with Gasteiger partial charge in [-0.3, -0.25) is 4.79 Å². The van der Waals surface area contributed by atoms with Crippen LogP contribution in [0, 0.1) is 6.92 Å². The van der Waals surface area contributed by atoms with Crippen LogP contribution in [0.5, 0.6) is 0 Å². The highest BCUT2D eigenvalue weighted by atomic mass is 16.1. The molecule has 1 heterocycles. The fraction of sp³-hybridized carbons (Fsp3) is 0.545. The van der Waals surface area contributed by atoms with E-state index < -0.39 is 0 Å². The highest BCUT2D eigenvalue weighted by Gasteiger charge is 1.97. The summed E-state index contributed by atoms with van der Waals surface area (Å²) >= 11 is 0. The number of nitrogens with zero attached hydrogens (tertiary/aromatic N) is 1. The number of nitrogens with one attached hydrogen (secondary N) is 1. The summed E-state index contributed by atoms with van der Waals surface area (Å²) in [6, 6.07) is 5.36. The quantitative estimate of drug-likeness (QED) is 0.714. The van der Waals surface area contributed by atoms with Crippen LogP contribution >= 0.6 is 0 Å². The highest BCUT2D eigenvalue weighted by Crippen LogP contribution is 1.92. The van der Waals surface area contributed by atoms with Gasteiger partial charge in [-0.25, -0.2) is 0 Å². The van der Waals surface area contributed by atoms with E-state index >= 15 is 0 Å². The van der Waals surface area contributed by atoms with Gasteiger partial charge in [-0.05, 0) is 26.0 Å². The first-order valence-corrected chi connectivity index (χ1v) is 5.13. The predicted octanol–water partition coefficient (Wildman–Crippen LogP) is 1.16. The Balaban J connectivity index is 2.54. The molecule has 1 aromatic heterocycles. The minimum Gasteiger partial charge on any atom is -0.315 e. The molecule has 0 aliphatic heterocycles. The average Bonchev–Trinajstić information content (AvgIpc) is 2.16. The molecule has 0 radical (unpaired) electrons. The monoisotopic (exact) mass is 194 g/mol. The van der Waals surface area contributed by atoms with Crippen LogP contribution in [0.4, 0.5) is 0 Å². The molecule has 0 fully saturated rings. The van der Waals surface area contributed by atoms with Crippen molar-refractivity contribution in [2.24, 2.45) is 0 Å². The second-order valence-corrected chi connectivity index (χ2v) is 3.41. The van der Waals surface area contributed by atoms with Gasteiger partial charge in [0.2, 0.25) is 0 Å². The number of pyridine rings is 1. The van der Waals surface area contributed by atoms with Gasteiger partial charge in [0.15, 0.2) is 0 Å². The Labute approximate surface area is 84.8 Å². The van der Waals surface area contributed by atoms with E-state index in [1.807, 2.05) is 13.0 Å². The molecule has 0 atom stereocenters. The van der Waals surface area contributed by atoms with E-state index in [0.29, 0.717) is 0 Å². The van der Waals surface area contributed by atoms with Gasteiger partial charge in [-0.1, -0.05) is 13.0 Å². The fourth-order valence-electron chi connectivity index (χ4n) is 1.40. The Hall–Kier alpha value is -1.09. The SMILES string of the molecule is CCCNCCn1c(C)cccc1=O. The molecular formula is C11H18N2O. The summed E-state index contributed by atoms with van der Waals surface area (Å²) in [5.74, 6) is 0. The molecule has 14 heavy (non-hydrogen) atoms. The van der Waals surface area contributed by atoms with E-state index in [2.05, 4.69) is 12.2 Å². The summed E-state index contributed by atoms with van der Waals surface area (Å²) in [5, 5.41) is 3.28. The van der Waals surface area contributed by atoms with Gasteiger partial charge in [-0.15, -0.1) is 0 Å². The van der Waals surface area contributed by atoms with Crippen LogP contribution in [0.25, 0.3) is 0 Å². The number of hydrogen-bond donors (Lipinski definition) is 1. The zero-order valence-electron chi connectivity index (χ0n) is 8.92. The van der Waals surface area contributed by atoms with E-state index in [9.17, 15) is 4.79 Å². The van der Waals surface area contributed by atoms with E-state index in [0.717, 1.165) is 31.7 Å². The van der Waals surface area contributed by atoms with Crippen LogP contribution in [-0.2, 0) is 6.54 Å². The summed E-state index contributed by atoms with van der Waals surface area (Å²) in [4.78, 5) is 11.4. The lowest BCUT2D eigenvalue weighted by molar-refractivity contribution is 0.573. The first kappa shape index (κ1) is 11.0. The topological polar surface area (TPSA) is 34.0 Å². The fourth-order valence-corrected chi connectivity index (χ4v) is 1.40. The van der Waals surface area contributed by atoms with Gasteiger partial charge < -0.3 is 9.88 Å². The minimum absolute atomic E-state index is 0.0864. The number of aryl methyl sites for hydroxylation is 1. The van der Waals surface area contributed by atoms with Crippen molar-refractivity contribution in [1.82, 2.24) is 9.88 Å². The van der Waals surface area contributed by atoms with Crippen LogP contribution < -0.4 is 10.9 Å². The van der Waals surface area contributed by atoms with E-state index in [-0.39, 0.29) is 5.56 Å². The molecule has 0 aliphatic rings. The van der Waals surface area contributed by atoms with Gasteiger partial charge in [-0.2, -0.15) is 0 Å². The van der Waals surface area contributed by atoms with Gasteiger partial charge >= 0.3 is 0 Å². The molecule has 3 nitrogen and oxygen atoms in total. The molecule has 0 bridgehead atoms. The first-order chi connectivity index (χ1) is 6.75. The normalized spacial score (nSPS) is 10.4. The van der Waals surface area contributed by atoms with Gasteiger partial charge in [0.05, 0.1) is 0 Å². The van der Waals surface area contributed by atoms with E-state index in [1.165, 1.54) is 0 Å². The standard InChI is InChI=1S/C11H18N2O/c1-3-7-12-8-9-13-10(2)5-4-6-11(13)14/h4-6,12H,3,7-9H2,1-2H3. The molecule has 0 aromatic carbocycles. The maximum atomic E-state index is 11.4. The molecule has 0 saturated heterocycles. The molecule has 1 N–H and O–H groups in total. The zero-order valence-corrected chi connectivity index (χ0v) is 8.92. The lowest BCUT2D eigenvalue weighted by Crippen LogP contribution is -2.28. The Morgan fingerprint density at radius 2 is 2.14 bits per heavy atom. The summed E-state index contributed by atoms with van der Waals surface area (Å²) in [6.45, 7) is 6.72. The Bertz CT molecular complexity index is 330. The Morgan fingerprint density at radius 3 is 2.79 bits per heavy atom. The van der Waals surface area contributed by atoms with Crippen molar-refractivity contribution < 1.29 is 0 Å². The van der Waals surface area contributed by atoms with Crippen LogP contribution in [0.2, 0.25) is 0 Å². The second kappa shape index (κ2) is 5.60. The van der Waals surface area contributed by atoms with Gasteiger partial charge in [0.1, 0.15) is 0 Å². The van der Waals surface area contributed by atoms with E-state index in [1.54, 1.807) is 16.7 Å². The molecule has 0 saturated carbocycles. The number of aromatic nitrogens is 1. The third-order valence-corrected chi connectivity index (χ3v) is 2.21. The molecule has 0 aliphatic carbocycles. The number of rotatable bonds is 5. The van der Waals surface area contributed by atoms with Crippen LogP contribution in [0.3, 0.4) is 0 Å². The van der Waals surface area contributed by atoms with Crippen LogP contribution in [0.15, 0.2) is 23.0 Å². The van der Waals surface area contributed by atoms with Crippen molar-refractivity contribution in [3.63, 3.8) is 0 Å².